The van der Waals surface area contributed by atoms with Crippen molar-refractivity contribution >= 4 is 22.2 Å². The van der Waals surface area contributed by atoms with Crippen molar-refractivity contribution in [1.29, 1.82) is 5.41 Å². The zero-order valence-electron chi connectivity index (χ0n) is 11.8. The lowest BCUT2D eigenvalue weighted by Crippen LogP contribution is -2.31. The van der Waals surface area contributed by atoms with Gasteiger partial charge in [0.2, 0.25) is 0 Å². The van der Waals surface area contributed by atoms with Crippen LogP contribution in [0.2, 0.25) is 0 Å². The van der Waals surface area contributed by atoms with Crippen LogP contribution >= 0.6 is 0 Å². The Morgan fingerprint density at radius 1 is 1.52 bits per heavy atom. The highest BCUT2D eigenvalue weighted by atomic mass is 32.2. The van der Waals surface area contributed by atoms with Gasteiger partial charge in [-0.1, -0.05) is 0 Å². The Hall–Kier alpha value is -1.74. The molecule has 0 aliphatic heterocycles. The zero-order valence-corrected chi connectivity index (χ0v) is 12.7. The first-order valence-corrected chi connectivity index (χ1v) is 8.41. The van der Waals surface area contributed by atoms with E-state index in [4.69, 9.17) is 9.59 Å². The van der Waals surface area contributed by atoms with Crippen molar-refractivity contribution in [2.24, 2.45) is 0 Å². The number of H-pyrrole nitrogens is 1. The number of hydrogen-bond donors (Lipinski definition) is 3. The highest BCUT2D eigenvalue weighted by Crippen LogP contribution is 2.24. The van der Waals surface area contributed by atoms with Crippen molar-refractivity contribution in [3.63, 3.8) is 0 Å². The summed E-state index contributed by atoms with van der Waals surface area (Å²) in [4.78, 5) is 18.6. The van der Waals surface area contributed by atoms with Crippen LogP contribution < -0.4 is 10.9 Å². The van der Waals surface area contributed by atoms with Crippen molar-refractivity contribution in [3.8, 4) is 0 Å². The minimum Gasteiger partial charge on any atom is -0.367 e. The van der Waals surface area contributed by atoms with E-state index in [2.05, 4.69) is 15.3 Å². The topological polar surface area (TPSA) is 125 Å². The molecule has 0 bridgehead atoms. The van der Waals surface area contributed by atoms with E-state index < -0.39 is 21.8 Å². The first kappa shape index (κ1) is 15.6. The Morgan fingerprint density at radius 3 is 2.67 bits per heavy atom. The highest BCUT2D eigenvalue weighted by molar-refractivity contribution is 7.86. The normalized spacial score (nSPS) is 17.0. The lowest BCUT2D eigenvalue weighted by Gasteiger charge is -2.27. The fourth-order valence-electron chi connectivity index (χ4n) is 1.99. The molecule has 1 atom stereocenters. The smallest absolute Gasteiger partial charge is 0.265 e. The molecule has 1 fully saturated rings. The summed E-state index contributed by atoms with van der Waals surface area (Å²) < 4.78 is 27.1. The van der Waals surface area contributed by atoms with Crippen molar-refractivity contribution in [1.82, 2.24) is 9.97 Å². The molecule has 0 amide bonds. The van der Waals surface area contributed by atoms with E-state index in [0.29, 0.717) is 0 Å². The summed E-state index contributed by atoms with van der Waals surface area (Å²) in [5, 5.41) is 10.4. The summed E-state index contributed by atoms with van der Waals surface area (Å²) in [6.07, 6.45) is 4.03. The molecule has 0 aromatic carbocycles. The number of hydrogen-bond acceptors (Lipinski definition) is 7. The molecule has 0 radical (unpaired) electrons. The quantitative estimate of drug-likeness (QED) is 0.526. The summed E-state index contributed by atoms with van der Waals surface area (Å²) in [5.41, 5.74) is -0.377. The van der Waals surface area contributed by atoms with Crippen LogP contribution in [0.1, 0.15) is 43.7 Å². The maximum Gasteiger partial charge on any atom is 0.265 e. The maximum atomic E-state index is 12.0. The fourth-order valence-corrected chi connectivity index (χ4v) is 2.61. The standard InChI is InChI=1S/C12H18N4O4S/c1-7(20-21(2,18)19)10-15-11(14-8-4-3-5-8)9(6-13)12(17)16-10/h6-8,13H,3-5H2,1-2H3,(H2,14,15,16,17). The molecule has 8 nitrogen and oxygen atoms in total. The Morgan fingerprint density at radius 2 is 2.19 bits per heavy atom. The molecule has 1 saturated carbocycles. The van der Waals surface area contributed by atoms with Crippen molar-refractivity contribution in [3.05, 3.63) is 21.7 Å². The van der Waals surface area contributed by atoms with Gasteiger partial charge < -0.3 is 15.7 Å². The van der Waals surface area contributed by atoms with Gasteiger partial charge in [0.15, 0.2) is 0 Å². The molecule has 1 aromatic heterocycles. The van der Waals surface area contributed by atoms with Crippen LogP contribution in [-0.2, 0) is 14.3 Å². The highest BCUT2D eigenvalue weighted by Gasteiger charge is 2.22. The molecule has 3 N–H and O–H groups in total. The van der Waals surface area contributed by atoms with Crippen LogP contribution in [-0.4, -0.2) is 36.9 Å². The number of nitrogens with zero attached hydrogens (tertiary/aromatic N) is 1. The van der Waals surface area contributed by atoms with Gasteiger partial charge in [0.05, 0.1) is 11.8 Å². The monoisotopic (exact) mass is 314 g/mol. The Kier molecular flexibility index (Phi) is 4.43. The van der Waals surface area contributed by atoms with E-state index in [9.17, 15) is 13.2 Å². The van der Waals surface area contributed by atoms with Crippen LogP contribution in [0.3, 0.4) is 0 Å². The van der Waals surface area contributed by atoms with Gasteiger partial charge in [0.1, 0.15) is 17.7 Å². The van der Waals surface area contributed by atoms with Gasteiger partial charge in [-0.2, -0.15) is 8.42 Å². The summed E-state index contributed by atoms with van der Waals surface area (Å²) in [7, 11) is -3.66. The molecule has 1 heterocycles. The first-order chi connectivity index (χ1) is 9.80. The van der Waals surface area contributed by atoms with Crippen LogP contribution in [0.5, 0.6) is 0 Å². The van der Waals surface area contributed by atoms with Crippen LogP contribution in [0, 0.1) is 5.41 Å². The van der Waals surface area contributed by atoms with Gasteiger partial charge in [0.25, 0.3) is 15.7 Å². The number of nitrogens with one attached hydrogen (secondary N) is 3. The fraction of sp³-hybridized carbons (Fsp3) is 0.583. The first-order valence-electron chi connectivity index (χ1n) is 6.59. The Bertz CT molecular complexity index is 694. The molecule has 116 valence electrons. The van der Waals surface area contributed by atoms with Crippen LogP contribution in [0.4, 0.5) is 5.82 Å². The van der Waals surface area contributed by atoms with E-state index in [-0.39, 0.29) is 23.2 Å². The molecule has 1 aliphatic rings. The second kappa shape index (κ2) is 5.94. The lowest BCUT2D eigenvalue weighted by atomic mass is 9.93. The predicted molar refractivity (Wildman–Crippen MR) is 78.3 cm³/mol. The van der Waals surface area contributed by atoms with E-state index in [1.807, 2.05) is 0 Å². The van der Waals surface area contributed by atoms with Crippen LogP contribution in [0.25, 0.3) is 0 Å². The average molecular weight is 314 g/mol. The van der Waals surface area contributed by atoms with E-state index >= 15 is 0 Å². The molecular formula is C12H18N4O4S. The largest absolute Gasteiger partial charge is 0.367 e. The van der Waals surface area contributed by atoms with Gasteiger partial charge in [0, 0.05) is 12.3 Å². The molecule has 9 heteroatoms. The summed E-state index contributed by atoms with van der Waals surface area (Å²) in [6, 6.07) is 0.233. The zero-order chi connectivity index (χ0) is 15.6. The summed E-state index contributed by atoms with van der Waals surface area (Å²) >= 11 is 0. The Labute approximate surface area is 122 Å². The predicted octanol–water partition coefficient (Wildman–Crippen LogP) is 0.769. The van der Waals surface area contributed by atoms with Gasteiger partial charge in [-0.15, -0.1) is 0 Å². The number of rotatable bonds is 6. The second-order valence-electron chi connectivity index (χ2n) is 5.07. The maximum absolute atomic E-state index is 12.0. The average Bonchev–Trinajstić information content (AvgIpc) is 2.31. The molecule has 21 heavy (non-hydrogen) atoms. The van der Waals surface area contributed by atoms with Gasteiger partial charge in [-0.05, 0) is 26.2 Å². The number of anilines is 1. The molecule has 0 saturated heterocycles. The third-order valence-corrected chi connectivity index (χ3v) is 3.91. The van der Waals surface area contributed by atoms with Gasteiger partial charge in [-0.3, -0.25) is 8.98 Å². The minimum absolute atomic E-state index is 0.109. The lowest BCUT2D eigenvalue weighted by molar-refractivity contribution is 0.226. The van der Waals surface area contributed by atoms with Crippen LogP contribution in [0.15, 0.2) is 4.79 Å². The number of aromatic nitrogens is 2. The van der Waals surface area contributed by atoms with E-state index in [0.717, 1.165) is 31.7 Å². The van der Waals surface area contributed by atoms with E-state index in [1.165, 1.54) is 6.92 Å². The molecule has 1 aromatic rings. The number of aromatic amines is 1. The molecule has 1 unspecified atom stereocenters. The summed E-state index contributed by atoms with van der Waals surface area (Å²) in [5.74, 6) is 0.398. The third-order valence-electron chi connectivity index (χ3n) is 3.27. The van der Waals surface area contributed by atoms with Crippen molar-refractivity contribution in [2.75, 3.05) is 11.6 Å². The molecular weight excluding hydrogens is 296 g/mol. The van der Waals surface area contributed by atoms with Gasteiger partial charge >= 0.3 is 0 Å². The SMILES string of the molecule is CC(OS(C)(=O)=O)c1nc(NC2CCC2)c(C=N)c(=O)[nH]1. The van der Waals surface area contributed by atoms with Crippen molar-refractivity contribution in [2.45, 2.75) is 38.3 Å². The molecule has 2 rings (SSSR count). The Balaban J connectivity index is 2.34. The third kappa shape index (κ3) is 3.88. The van der Waals surface area contributed by atoms with E-state index in [1.54, 1.807) is 0 Å². The van der Waals surface area contributed by atoms with Gasteiger partial charge in [-0.25, -0.2) is 4.98 Å². The molecule has 0 spiro atoms. The second-order valence-corrected chi connectivity index (χ2v) is 6.67. The van der Waals surface area contributed by atoms with Crippen molar-refractivity contribution < 1.29 is 12.6 Å². The summed E-state index contributed by atoms with van der Waals surface area (Å²) in [6.45, 7) is 1.48. The molecule has 1 aliphatic carbocycles. The minimum atomic E-state index is -3.66.